The van der Waals surface area contributed by atoms with Gasteiger partial charge in [0.15, 0.2) is 5.69 Å². The van der Waals surface area contributed by atoms with E-state index in [1.807, 2.05) is 54.3 Å². The van der Waals surface area contributed by atoms with E-state index in [0.29, 0.717) is 29.6 Å². The Morgan fingerprint density at radius 3 is 2.50 bits per heavy atom. The maximum Gasteiger partial charge on any atom is 0.275 e. The number of hydrogen-bond donors (Lipinski definition) is 1. The summed E-state index contributed by atoms with van der Waals surface area (Å²) < 4.78 is 1.40. The van der Waals surface area contributed by atoms with Gasteiger partial charge in [0, 0.05) is 31.1 Å². The van der Waals surface area contributed by atoms with E-state index in [4.69, 9.17) is 0 Å². The second-order valence-electron chi connectivity index (χ2n) is 6.89. The van der Waals surface area contributed by atoms with Gasteiger partial charge in [-0.1, -0.05) is 48.5 Å². The van der Waals surface area contributed by atoms with Crippen LogP contribution < -0.4 is 10.9 Å². The Kier molecular flexibility index (Phi) is 6.11. The van der Waals surface area contributed by atoms with Gasteiger partial charge in [-0.2, -0.15) is 5.10 Å². The van der Waals surface area contributed by atoms with E-state index >= 15 is 0 Å². The van der Waals surface area contributed by atoms with Crippen LogP contribution in [0.5, 0.6) is 0 Å². The van der Waals surface area contributed by atoms with E-state index in [9.17, 15) is 9.59 Å². The highest BCUT2D eigenvalue weighted by Crippen LogP contribution is 2.17. The molecule has 1 aliphatic heterocycles. The Hall–Kier alpha value is -2.70. The number of aromatic nitrogens is 2. The molecule has 1 aromatic heterocycles. The highest BCUT2D eigenvalue weighted by Gasteiger charge is 2.27. The van der Waals surface area contributed by atoms with Gasteiger partial charge >= 0.3 is 0 Å². The molecule has 2 heterocycles. The van der Waals surface area contributed by atoms with Gasteiger partial charge in [-0.25, -0.2) is 4.68 Å². The van der Waals surface area contributed by atoms with Crippen LogP contribution in [-0.2, 0) is 6.54 Å². The van der Waals surface area contributed by atoms with Crippen LogP contribution in [0.3, 0.4) is 0 Å². The van der Waals surface area contributed by atoms with Gasteiger partial charge in [0.05, 0.1) is 11.9 Å². The number of carbonyl (C=O) groups excluding carboxylic acids is 1. The average Bonchev–Trinajstić information content (AvgIpc) is 2.71. The molecule has 0 saturated carbocycles. The number of piperazine rings is 1. The van der Waals surface area contributed by atoms with E-state index in [2.05, 4.69) is 10.4 Å². The van der Waals surface area contributed by atoms with E-state index in [-0.39, 0.29) is 29.9 Å². The monoisotopic (exact) mass is 398 g/mol. The number of benzene rings is 2. The van der Waals surface area contributed by atoms with Crippen LogP contribution in [0, 0.1) is 0 Å². The lowest BCUT2D eigenvalue weighted by Gasteiger charge is -2.33. The summed E-state index contributed by atoms with van der Waals surface area (Å²) in [6, 6.07) is 17.0. The highest BCUT2D eigenvalue weighted by atomic mass is 35.5. The van der Waals surface area contributed by atoms with Crippen LogP contribution in [0.1, 0.15) is 23.0 Å². The number of fused-ring (bicyclic) bond motifs is 1. The maximum atomic E-state index is 13.3. The molecule has 0 aliphatic carbocycles. The standard InChI is InChI=1S/C21H22N4O2.ClH/c1-15-13-22-11-12-24(15)21(27)19-17-9-5-6-10-18(17)20(26)25(23-19)14-16-7-3-2-4-8-16;/h2-10,15,22H,11-14H2,1H3;1H/t15-;/m1./s1. The summed E-state index contributed by atoms with van der Waals surface area (Å²) in [6.45, 7) is 4.51. The molecule has 1 N–H and O–H groups in total. The summed E-state index contributed by atoms with van der Waals surface area (Å²) in [6.07, 6.45) is 0. The first kappa shape index (κ1) is 20.0. The quantitative estimate of drug-likeness (QED) is 0.735. The molecule has 0 spiro atoms. The molecule has 0 radical (unpaired) electrons. The first-order chi connectivity index (χ1) is 13.1. The molecule has 146 valence electrons. The fourth-order valence-electron chi connectivity index (χ4n) is 3.54. The van der Waals surface area contributed by atoms with Crippen LogP contribution >= 0.6 is 12.4 Å². The zero-order chi connectivity index (χ0) is 18.8. The Morgan fingerprint density at radius 1 is 1.11 bits per heavy atom. The Balaban J connectivity index is 0.00000225. The van der Waals surface area contributed by atoms with Crippen LogP contribution in [0.25, 0.3) is 10.8 Å². The second-order valence-corrected chi connectivity index (χ2v) is 6.89. The predicted molar refractivity (Wildman–Crippen MR) is 112 cm³/mol. The molecular weight excluding hydrogens is 376 g/mol. The van der Waals surface area contributed by atoms with Crippen molar-refractivity contribution in [1.29, 1.82) is 0 Å². The summed E-state index contributed by atoms with van der Waals surface area (Å²) in [5.74, 6) is -0.123. The molecule has 7 heteroatoms. The topological polar surface area (TPSA) is 67.2 Å². The fourth-order valence-corrected chi connectivity index (χ4v) is 3.54. The molecule has 0 bridgehead atoms. The van der Waals surface area contributed by atoms with Crippen molar-refractivity contribution in [2.45, 2.75) is 19.5 Å². The molecule has 1 saturated heterocycles. The Labute approximate surface area is 169 Å². The summed E-state index contributed by atoms with van der Waals surface area (Å²) >= 11 is 0. The van der Waals surface area contributed by atoms with Crippen LogP contribution in [-0.4, -0.2) is 46.3 Å². The molecule has 1 fully saturated rings. The van der Waals surface area contributed by atoms with Crippen molar-refractivity contribution in [2.75, 3.05) is 19.6 Å². The third-order valence-corrected chi connectivity index (χ3v) is 5.01. The second kappa shape index (κ2) is 8.54. The molecule has 0 unspecified atom stereocenters. The lowest BCUT2D eigenvalue weighted by atomic mass is 10.1. The minimum atomic E-state index is -0.181. The van der Waals surface area contributed by atoms with Crippen molar-refractivity contribution in [3.8, 4) is 0 Å². The van der Waals surface area contributed by atoms with Crippen molar-refractivity contribution in [3.63, 3.8) is 0 Å². The van der Waals surface area contributed by atoms with Crippen molar-refractivity contribution in [1.82, 2.24) is 20.0 Å². The largest absolute Gasteiger partial charge is 0.332 e. The summed E-state index contributed by atoms with van der Waals surface area (Å²) in [5, 5.41) is 8.93. The highest BCUT2D eigenvalue weighted by molar-refractivity contribution is 6.04. The molecule has 1 atom stereocenters. The van der Waals surface area contributed by atoms with Crippen molar-refractivity contribution in [2.24, 2.45) is 0 Å². The minimum Gasteiger partial charge on any atom is -0.332 e. The lowest BCUT2D eigenvalue weighted by molar-refractivity contribution is 0.0649. The third-order valence-electron chi connectivity index (χ3n) is 5.01. The SMILES string of the molecule is C[C@@H]1CNCCN1C(=O)c1nn(Cc2ccccc2)c(=O)c2ccccc12.Cl. The van der Waals surface area contributed by atoms with Crippen LogP contribution in [0.2, 0.25) is 0 Å². The summed E-state index contributed by atoms with van der Waals surface area (Å²) in [7, 11) is 0. The number of rotatable bonds is 3. The number of nitrogens with zero attached hydrogens (tertiary/aromatic N) is 3. The molecule has 1 aliphatic rings. The van der Waals surface area contributed by atoms with Gasteiger partial charge in [0.1, 0.15) is 0 Å². The van der Waals surface area contributed by atoms with Gasteiger partial charge in [-0.05, 0) is 18.6 Å². The van der Waals surface area contributed by atoms with Gasteiger partial charge in [0.25, 0.3) is 11.5 Å². The van der Waals surface area contributed by atoms with E-state index in [1.165, 1.54) is 4.68 Å². The van der Waals surface area contributed by atoms with Gasteiger partial charge in [0.2, 0.25) is 0 Å². The normalized spacial score (nSPS) is 16.6. The van der Waals surface area contributed by atoms with E-state index < -0.39 is 0 Å². The van der Waals surface area contributed by atoms with Crippen molar-refractivity contribution < 1.29 is 4.79 Å². The van der Waals surface area contributed by atoms with Crippen molar-refractivity contribution >= 4 is 29.1 Å². The van der Waals surface area contributed by atoms with Gasteiger partial charge < -0.3 is 10.2 Å². The maximum absolute atomic E-state index is 13.3. The Morgan fingerprint density at radius 2 is 1.79 bits per heavy atom. The molecular formula is C21H23ClN4O2. The van der Waals surface area contributed by atoms with E-state index in [1.54, 1.807) is 12.1 Å². The summed E-state index contributed by atoms with van der Waals surface area (Å²) in [5.41, 5.74) is 1.13. The molecule has 4 rings (SSSR count). The first-order valence-electron chi connectivity index (χ1n) is 9.20. The molecule has 6 nitrogen and oxygen atoms in total. The van der Waals surface area contributed by atoms with Crippen molar-refractivity contribution in [3.05, 3.63) is 76.2 Å². The lowest BCUT2D eigenvalue weighted by Crippen LogP contribution is -2.52. The van der Waals surface area contributed by atoms with Crippen LogP contribution in [0.15, 0.2) is 59.4 Å². The minimum absolute atomic E-state index is 0. The number of halogens is 1. The number of amides is 1. The smallest absolute Gasteiger partial charge is 0.275 e. The molecule has 3 aromatic rings. The van der Waals surface area contributed by atoms with Crippen LogP contribution in [0.4, 0.5) is 0 Å². The molecule has 2 aromatic carbocycles. The molecule has 28 heavy (non-hydrogen) atoms. The summed E-state index contributed by atoms with van der Waals surface area (Å²) in [4.78, 5) is 28.0. The van der Waals surface area contributed by atoms with E-state index in [0.717, 1.165) is 18.7 Å². The number of hydrogen-bond acceptors (Lipinski definition) is 4. The molecule has 1 amide bonds. The van der Waals surface area contributed by atoms with Gasteiger partial charge in [-0.15, -0.1) is 12.4 Å². The fraction of sp³-hybridized carbons (Fsp3) is 0.286. The third kappa shape index (κ3) is 3.79. The zero-order valence-electron chi connectivity index (χ0n) is 15.7. The van der Waals surface area contributed by atoms with Gasteiger partial charge in [-0.3, -0.25) is 9.59 Å². The first-order valence-corrected chi connectivity index (χ1v) is 9.20. The predicted octanol–water partition coefficient (Wildman–Crippen LogP) is 2.30. The zero-order valence-corrected chi connectivity index (χ0v) is 16.5. The number of carbonyl (C=O) groups is 1. The Bertz CT molecular complexity index is 1040. The average molecular weight is 399 g/mol. The number of nitrogens with one attached hydrogen (secondary N) is 1.